The van der Waals surface area contributed by atoms with Crippen LogP contribution in [0.3, 0.4) is 0 Å². The van der Waals surface area contributed by atoms with E-state index in [9.17, 15) is 13.5 Å². The fourth-order valence-corrected chi connectivity index (χ4v) is 3.44. The normalized spacial score (nSPS) is 19.3. The van der Waals surface area contributed by atoms with Crippen molar-refractivity contribution in [3.05, 3.63) is 29.8 Å². The van der Waals surface area contributed by atoms with Crippen molar-refractivity contribution in [1.82, 2.24) is 0 Å². The van der Waals surface area contributed by atoms with Crippen LogP contribution >= 0.6 is 0 Å². The molecular weight excluding hydrogens is 260 g/mol. The van der Waals surface area contributed by atoms with Crippen LogP contribution in [0.15, 0.2) is 29.2 Å². The average Bonchev–Trinajstić information content (AvgIpc) is 2.39. The van der Waals surface area contributed by atoms with Gasteiger partial charge in [0.15, 0.2) is 9.84 Å². The lowest BCUT2D eigenvalue weighted by atomic mass is 9.84. The zero-order chi connectivity index (χ0) is 13.9. The molecule has 1 N–H and O–H groups in total. The molecule has 1 saturated carbocycles. The summed E-state index contributed by atoms with van der Waals surface area (Å²) in [4.78, 5) is 0.307. The van der Waals surface area contributed by atoms with Gasteiger partial charge in [-0.15, -0.1) is 0 Å². The zero-order valence-corrected chi connectivity index (χ0v) is 12.2. The van der Waals surface area contributed by atoms with Gasteiger partial charge < -0.3 is 5.11 Å². The van der Waals surface area contributed by atoms with E-state index in [2.05, 4.69) is 0 Å². The number of aliphatic hydroxyl groups is 1. The largest absolute Gasteiger partial charge is 0.388 e. The molecule has 1 fully saturated rings. The molecule has 0 aromatic heterocycles. The zero-order valence-electron chi connectivity index (χ0n) is 11.4. The van der Waals surface area contributed by atoms with Crippen LogP contribution in [-0.2, 0) is 9.84 Å². The molecule has 4 heteroatoms. The Morgan fingerprint density at radius 3 is 2.26 bits per heavy atom. The molecule has 0 spiro atoms. The van der Waals surface area contributed by atoms with E-state index < -0.39 is 15.9 Å². The highest BCUT2D eigenvalue weighted by molar-refractivity contribution is 7.90. The summed E-state index contributed by atoms with van der Waals surface area (Å²) in [6, 6.07) is 6.61. The molecule has 1 aromatic rings. The molecule has 1 aromatic carbocycles. The third-order valence-corrected chi connectivity index (χ3v) is 5.10. The van der Waals surface area contributed by atoms with Crippen molar-refractivity contribution < 1.29 is 13.5 Å². The molecule has 0 saturated heterocycles. The van der Waals surface area contributed by atoms with Gasteiger partial charge in [0.2, 0.25) is 0 Å². The van der Waals surface area contributed by atoms with Gasteiger partial charge in [-0.1, -0.05) is 44.2 Å². The summed E-state index contributed by atoms with van der Waals surface area (Å²) in [7, 11) is -3.15. The minimum absolute atomic E-state index is 0.307. The highest BCUT2D eigenvalue weighted by Gasteiger charge is 2.19. The maximum atomic E-state index is 11.4. The van der Waals surface area contributed by atoms with Gasteiger partial charge in [0.25, 0.3) is 0 Å². The van der Waals surface area contributed by atoms with E-state index in [0.29, 0.717) is 10.8 Å². The van der Waals surface area contributed by atoms with Crippen molar-refractivity contribution in [3.63, 3.8) is 0 Å². The van der Waals surface area contributed by atoms with E-state index in [1.165, 1.54) is 38.4 Å². The summed E-state index contributed by atoms with van der Waals surface area (Å²) in [5, 5.41) is 10.2. The summed E-state index contributed by atoms with van der Waals surface area (Å²) in [5.74, 6) is 0.610. The van der Waals surface area contributed by atoms with E-state index in [0.717, 1.165) is 12.0 Å². The lowest BCUT2D eigenvalue weighted by Crippen LogP contribution is -2.11. The Labute approximate surface area is 115 Å². The highest BCUT2D eigenvalue weighted by Crippen LogP contribution is 2.32. The SMILES string of the molecule is CS(=O)(=O)c1ccc(C(O)CC2CCCCC2)cc1. The van der Waals surface area contributed by atoms with Crippen molar-refractivity contribution in [2.24, 2.45) is 5.92 Å². The van der Waals surface area contributed by atoms with Gasteiger partial charge in [-0.3, -0.25) is 0 Å². The summed E-state index contributed by atoms with van der Waals surface area (Å²) in [5.41, 5.74) is 0.818. The second kappa shape index (κ2) is 6.06. The Bertz CT molecular complexity index is 499. The van der Waals surface area contributed by atoms with Gasteiger partial charge in [-0.2, -0.15) is 0 Å². The second-order valence-corrected chi connectivity index (χ2v) is 7.61. The second-order valence-electron chi connectivity index (χ2n) is 5.60. The van der Waals surface area contributed by atoms with E-state index in [4.69, 9.17) is 0 Å². The lowest BCUT2D eigenvalue weighted by Gasteiger charge is -2.24. The standard InChI is InChI=1S/C15H22O3S/c1-19(17,18)14-9-7-13(8-10-14)15(16)11-12-5-3-2-4-6-12/h7-10,12,15-16H,2-6,11H2,1H3. The summed E-state index contributed by atoms with van der Waals surface area (Å²) >= 11 is 0. The Balaban J connectivity index is 2.01. The molecule has 1 aliphatic carbocycles. The van der Waals surface area contributed by atoms with Crippen molar-refractivity contribution in [3.8, 4) is 0 Å². The third kappa shape index (κ3) is 4.05. The third-order valence-electron chi connectivity index (χ3n) is 3.97. The molecule has 1 aliphatic rings. The molecule has 19 heavy (non-hydrogen) atoms. The maximum Gasteiger partial charge on any atom is 0.175 e. The first kappa shape index (κ1) is 14.5. The molecule has 0 amide bonds. The van der Waals surface area contributed by atoms with Crippen LogP contribution in [0.4, 0.5) is 0 Å². The van der Waals surface area contributed by atoms with Crippen LogP contribution in [0.25, 0.3) is 0 Å². The Morgan fingerprint density at radius 2 is 1.74 bits per heavy atom. The van der Waals surface area contributed by atoms with Crippen molar-refractivity contribution >= 4 is 9.84 Å². The molecule has 1 unspecified atom stereocenters. The monoisotopic (exact) mass is 282 g/mol. The molecule has 0 radical (unpaired) electrons. The number of aliphatic hydroxyl groups excluding tert-OH is 1. The fourth-order valence-electron chi connectivity index (χ4n) is 2.81. The predicted octanol–water partition coefficient (Wildman–Crippen LogP) is 3.09. The first-order valence-electron chi connectivity index (χ1n) is 6.95. The molecule has 0 aliphatic heterocycles. The molecule has 1 atom stereocenters. The van der Waals surface area contributed by atoms with Crippen LogP contribution in [0.5, 0.6) is 0 Å². The molecule has 106 valence electrons. The lowest BCUT2D eigenvalue weighted by molar-refractivity contribution is 0.131. The molecule has 3 nitrogen and oxygen atoms in total. The van der Waals surface area contributed by atoms with Crippen molar-refractivity contribution in [2.45, 2.75) is 49.5 Å². The van der Waals surface area contributed by atoms with E-state index in [-0.39, 0.29) is 0 Å². The quantitative estimate of drug-likeness (QED) is 0.923. The topological polar surface area (TPSA) is 54.4 Å². The number of sulfone groups is 1. The molecule has 0 bridgehead atoms. The minimum atomic E-state index is -3.15. The Hall–Kier alpha value is -0.870. The van der Waals surface area contributed by atoms with Gasteiger partial charge in [-0.25, -0.2) is 8.42 Å². The highest BCUT2D eigenvalue weighted by atomic mass is 32.2. The van der Waals surface area contributed by atoms with Crippen LogP contribution in [0.2, 0.25) is 0 Å². The van der Waals surface area contributed by atoms with E-state index >= 15 is 0 Å². The van der Waals surface area contributed by atoms with E-state index in [1.807, 2.05) is 0 Å². The van der Waals surface area contributed by atoms with Crippen molar-refractivity contribution in [2.75, 3.05) is 6.26 Å². The van der Waals surface area contributed by atoms with Crippen LogP contribution in [0, 0.1) is 5.92 Å². The minimum Gasteiger partial charge on any atom is -0.388 e. The first-order chi connectivity index (χ1) is 8.97. The number of hydrogen-bond acceptors (Lipinski definition) is 3. The summed E-state index contributed by atoms with van der Waals surface area (Å²) in [6.45, 7) is 0. The van der Waals surface area contributed by atoms with Gasteiger partial charge in [-0.05, 0) is 30.0 Å². The molecular formula is C15H22O3S. The van der Waals surface area contributed by atoms with Gasteiger partial charge in [0.1, 0.15) is 0 Å². The van der Waals surface area contributed by atoms with Crippen molar-refractivity contribution in [1.29, 1.82) is 0 Å². The van der Waals surface area contributed by atoms with Gasteiger partial charge in [0, 0.05) is 6.26 Å². The first-order valence-corrected chi connectivity index (χ1v) is 8.84. The molecule has 2 rings (SSSR count). The summed E-state index contributed by atoms with van der Waals surface area (Å²) in [6.07, 6.45) is 7.77. The van der Waals surface area contributed by atoms with Crippen LogP contribution in [0.1, 0.15) is 50.2 Å². The fraction of sp³-hybridized carbons (Fsp3) is 0.600. The number of rotatable bonds is 4. The predicted molar refractivity (Wildman–Crippen MR) is 75.7 cm³/mol. The number of benzene rings is 1. The smallest absolute Gasteiger partial charge is 0.175 e. The number of hydrogen-bond donors (Lipinski definition) is 1. The average molecular weight is 282 g/mol. The summed E-state index contributed by atoms with van der Waals surface area (Å²) < 4.78 is 22.7. The van der Waals surface area contributed by atoms with Gasteiger partial charge in [0.05, 0.1) is 11.0 Å². The van der Waals surface area contributed by atoms with Crippen LogP contribution < -0.4 is 0 Å². The Kier molecular flexibility index (Phi) is 4.63. The van der Waals surface area contributed by atoms with E-state index in [1.54, 1.807) is 24.3 Å². The Morgan fingerprint density at radius 1 is 1.16 bits per heavy atom. The van der Waals surface area contributed by atoms with Gasteiger partial charge >= 0.3 is 0 Å². The molecule has 0 heterocycles. The van der Waals surface area contributed by atoms with Crippen LogP contribution in [-0.4, -0.2) is 19.8 Å². The maximum absolute atomic E-state index is 11.4.